The number of primary amides is 1. The van der Waals surface area contributed by atoms with E-state index in [1.54, 1.807) is 6.07 Å². The van der Waals surface area contributed by atoms with E-state index in [1.807, 2.05) is 0 Å². The smallest absolute Gasteiger partial charge is 0.369 e. The third-order valence-corrected chi connectivity index (χ3v) is 3.70. The van der Waals surface area contributed by atoms with Gasteiger partial charge in [-0.3, -0.25) is 4.79 Å². The van der Waals surface area contributed by atoms with E-state index in [-0.39, 0.29) is 18.5 Å². The van der Waals surface area contributed by atoms with Crippen LogP contribution in [0.3, 0.4) is 0 Å². The van der Waals surface area contributed by atoms with E-state index < -0.39 is 17.6 Å². The molecule has 0 saturated heterocycles. The van der Waals surface area contributed by atoms with Crippen LogP contribution in [0, 0.1) is 0 Å². The molecule has 1 aromatic rings. The van der Waals surface area contributed by atoms with Gasteiger partial charge in [0.1, 0.15) is 0 Å². The Kier molecular flexibility index (Phi) is 4.32. The molecule has 110 valence electrons. The summed E-state index contributed by atoms with van der Waals surface area (Å²) in [6.07, 6.45) is -1.74. The molecule has 1 fully saturated rings. The highest BCUT2D eigenvalue weighted by atomic mass is 19.4. The zero-order valence-electron chi connectivity index (χ0n) is 10.9. The topological polar surface area (TPSA) is 55.1 Å². The molecule has 0 heterocycles. The third-order valence-electron chi connectivity index (χ3n) is 3.70. The minimum atomic E-state index is -4.33. The second kappa shape index (κ2) is 5.83. The summed E-state index contributed by atoms with van der Waals surface area (Å²) in [6, 6.07) is 5.43. The number of carbonyl (C=O) groups is 1. The predicted molar refractivity (Wildman–Crippen MR) is 69.0 cm³/mol. The van der Waals surface area contributed by atoms with Gasteiger partial charge in [0.05, 0.1) is 12.1 Å². The van der Waals surface area contributed by atoms with Gasteiger partial charge in [0.25, 0.3) is 0 Å². The molecule has 0 aliphatic heterocycles. The van der Waals surface area contributed by atoms with E-state index in [9.17, 15) is 18.0 Å². The fraction of sp³-hybridized carbons (Fsp3) is 0.500. The number of nitrogens with two attached hydrogens (primary N) is 1. The number of hydrogen-bond acceptors (Lipinski definition) is 2. The minimum absolute atomic E-state index is 0.00310. The lowest BCUT2D eigenvalue weighted by molar-refractivity contribution is -0.137. The zero-order valence-corrected chi connectivity index (χ0v) is 10.9. The number of hydrogen-bond donors (Lipinski definition) is 2. The number of amides is 1. The van der Waals surface area contributed by atoms with Crippen molar-refractivity contribution >= 4 is 5.91 Å². The molecule has 3 N–H and O–H groups in total. The summed E-state index contributed by atoms with van der Waals surface area (Å²) in [5.41, 5.74) is 5.12. The lowest BCUT2D eigenvalue weighted by atomic mass is 9.92. The van der Waals surface area contributed by atoms with Gasteiger partial charge < -0.3 is 11.1 Å². The highest BCUT2D eigenvalue weighted by molar-refractivity contribution is 5.75. The molecule has 1 aliphatic carbocycles. The Labute approximate surface area is 115 Å². The first-order chi connectivity index (χ1) is 9.38. The number of alkyl halides is 3. The van der Waals surface area contributed by atoms with Crippen LogP contribution in [-0.2, 0) is 11.0 Å². The van der Waals surface area contributed by atoms with Crippen LogP contribution in [0.2, 0.25) is 0 Å². The second-order valence-electron chi connectivity index (χ2n) is 5.11. The summed E-state index contributed by atoms with van der Waals surface area (Å²) >= 11 is 0. The molecule has 1 saturated carbocycles. The van der Waals surface area contributed by atoms with Crippen molar-refractivity contribution in [2.45, 2.75) is 37.4 Å². The van der Waals surface area contributed by atoms with Gasteiger partial charge in [0, 0.05) is 6.04 Å². The van der Waals surface area contributed by atoms with Crippen molar-refractivity contribution in [3.05, 3.63) is 35.4 Å². The van der Waals surface area contributed by atoms with Crippen LogP contribution in [0.15, 0.2) is 24.3 Å². The van der Waals surface area contributed by atoms with Crippen molar-refractivity contribution in [3.63, 3.8) is 0 Å². The molecule has 2 atom stereocenters. The van der Waals surface area contributed by atoms with E-state index >= 15 is 0 Å². The second-order valence-corrected chi connectivity index (χ2v) is 5.11. The molecule has 20 heavy (non-hydrogen) atoms. The fourth-order valence-electron chi connectivity index (χ4n) is 2.78. The van der Waals surface area contributed by atoms with Gasteiger partial charge in [-0.15, -0.1) is 0 Å². The first kappa shape index (κ1) is 14.8. The average Bonchev–Trinajstić information content (AvgIpc) is 2.83. The van der Waals surface area contributed by atoms with Gasteiger partial charge in [0.2, 0.25) is 5.91 Å². The number of carbonyl (C=O) groups excluding carboxylic acids is 1. The first-order valence-corrected chi connectivity index (χ1v) is 6.57. The zero-order chi connectivity index (χ0) is 14.8. The standard InChI is InChI=1S/C14H17F3N2O/c15-14(16,17)10-4-1-3-9(7-10)11-5-2-6-12(11)19-8-13(18)20/h1,3-4,7,11-12,19H,2,5-6,8H2,(H2,18,20)/t11-,12+/m1/s1. The molecule has 0 radical (unpaired) electrons. The Balaban J connectivity index is 2.15. The van der Waals surface area contributed by atoms with E-state index in [4.69, 9.17) is 5.73 Å². The summed E-state index contributed by atoms with van der Waals surface area (Å²) in [6.45, 7) is 0.0557. The maximum Gasteiger partial charge on any atom is 0.416 e. The maximum atomic E-state index is 12.7. The average molecular weight is 286 g/mol. The number of halogens is 3. The van der Waals surface area contributed by atoms with Gasteiger partial charge in [-0.2, -0.15) is 13.2 Å². The lowest BCUT2D eigenvalue weighted by Gasteiger charge is -2.21. The third kappa shape index (κ3) is 3.50. The Morgan fingerprint density at radius 2 is 2.10 bits per heavy atom. The summed E-state index contributed by atoms with van der Waals surface area (Å²) in [4.78, 5) is 10.8. The van der Waals surface area contributed by atoms with Gasteiger partial charge in [-0.05, 0) is 30.4 Å². The fourth-order valence-corrected chi connectivity index (χ4v) is 2.78. The van der Waals surface area contributed by atoms with Crippen molar-refractivity contribution in [3.8, 4) is 0 Å². The van der Waals surface area contributed by atoms with E-state index in [1.165, 1.54) is 12.1 Å². The molecular weight excluding hydrogens is 269 g/mol. The van der Waals surface area contributed by atoms with Crippen LogP contribution in [0.5, 0.6) is 0 Å². The summed E-state index contributed by atoms with van der Waals surface area (Å²) in [5, 5.41) is 3.03. The first-order valence-electron chi connectivity index (χ1n) is 6.57. The van der Waals surface area contributed by atoms with E-state index in [0.717, 1.165) is 25.3 Å². The van der Waals surface area contributed by atoms with E-state index in [2.05, 4.69) is 5.32 Å². The summed E-state index contributed by atoms with van der Waals surface area (Å²) in [5.74, 6) is -0.462. The van der Waals surface area contributed by atoms with Crippen LogP contribution in [-0.4, -0.2) is 18.5 Å². The lowest BCUT2D eigenvalue weighted by Crippen LogP contribution is -2.37. The van der Waals surface area contributed by atoms with Crippen LogP contribution in [0.25, 0.3) is 0 Å². The molecule has 1 aliphatic rings. The van der Waals surface area contributed by atoms with Crippen molar-refractivity contribution in [1.82, 2.24) is 5.32 Å². The SMILES string of the molecule is NC(=O)CN[C@H]1CCC[C@@H]1c1cccc(C(F)(F)F)c1. The Bertz CT molecular complexity index is 488. The normalized spacial score (nSPS) is 22.9. The van der Waals surface area contributed by atoms with Crippen LogP contribution in [0.4, 0.5) is 13.2 Å². The van der Waals surface area contributed by atoms with Crippen molar-refractivity contribution in [1.29, 1.82) is 0 Å². The Hall–Kier alpha value is -1.56. The number of nitrogens with one attached hydrogen (secondary N) is 1. The highest BCUT2D eigenvalue weighted by Gasteiger charge is 2.33. The van der Waals surface area contributed by atoms with Crippen molar-refractivity contribution < 1.29 is 18.0 Å². The van der Waals surface area contributed by atoms with Crippen molar-refractivity contribution in [2.75, 3.05) is 6.54 Å². The molecule has 0 bridgehead atoms. The summed E-state index contributed by atoms with van der Waals surface area (Å²) in [7, 11) is 0. The number of rotatable bonds is 4. The largest absolute Gasteiger partial charge is 0.416 e. The van der Waals surface area contributed by atoms with Crippen LogP contribution in [0.1, 0.15) is 36.3 Å². The van der Waals surface area contributed by atoms with Gasteiger partial charge in [-0.1, -0.05) is 24.6 Å². The molecule has 0 aromatic heterocycles. The maximum absolute atomic E-state index is 12.7. The monoisotopic (exact) mass is 286 g/mol. The minimum Gasteiger partial charge on any atom is -0.369 e. The highest BCUT2D eigenvalue weighted by Crippen LogP contribution is 2.37. The van der Waals surface area contributed by atoms with Gasteiger partial charge in [0.15, 0.2) is 0 Å². The van der Waals surface area contributed by atoms with Gasteiger partial charge in [-0.25, -0.2) is 0 Å². The van der Waals surface area contributed by atoms with Crippen LogP contribution < -0.4 is 11.1 Å². The molecule has 0 unspecified atom stereocenters. The quantitative estimate of drug-likeness (QED) is 0.893. The van der Waals surface area contributed by atoms with Crippen molar-refractivity contribution in [2.24, 2.45) is 5.73 Å². The number of benzene rings is 1. The molecular formula is C14H17F3N2O. The molecule has 3 nitrogen and oxygen atoms in total. The van der Waals surface area contributed by atoms with E-state index in [0.29, 0.717) is 5.56 Å². The molecule has 0 spiro atoms. The molecule has 1 amide bonds. The predicted octanol–water partition coefficient (Wildman–Crippen LogP) is 2.42. The Morgan fingerprint density at radius 3 is 2.75 bits per heavy atom. The Morgan fingerprint density at radius 1 is 1.35 bits per heavy atom. The van der Waals surface area contributed by atoms with Crippen LogP contribution >= 0.6 is 0 Å². The van der Waals surface area contributed by atoms with Gasteiger partial charge >= 0.3 is 6.18 Å². The molecule has 1 aromatic carbocycles. The molecule has 2 rings (SSSR count). The molecule has 6 heteroatoms. The summed E-state index contributed by atoms with van der Waals surface area (Å²) < 4.78 is 38.2.